The summed E-state index contributed by atoms with van der Waals surface area (Å²) >= 11 is 5.93. The molecule has 2 aromatic heterocycles. The van der Waals surface area contributed by atoms with Crippen molar-refractivity contribution in [1.82, 2.24) is 24.1 Å². The van der Waals surface area contributed by atoms with E-state index < -0.39 is 26.7 Å². The van der Waals surface area contributed by atoms with Crippen LogP contribution in [0.4, 0.5) is 19.0 Å². The summed E-state index contributed by atoms with van der Waals surface area (Å²) in [7, 11) is -4.19. The van der Waals surface area contributed by atoms with Crippen molar-refractivity contribution in [2.24, 2.45) is 0 Å². The third kappa shape index (κ3) is 4.30. The quantitative estimate of drug-likeness (QED) is 0.563. The normalized spacial score (nSPS) is 15.8. The van der Waals surface area contributed by atoms with E-state index in [0.29, 0.717) is 30.8 Å². The molecule has 1 aliphatic heterocycles. The predicted molar refractivity (Wildman–Crippen MR) is 111 cm³/mol. The van der Waals surface area contributed by atoms with Crippen LogP contribution in [-0.2, 0) is 16.2 Å². The molecule has 32 heavy (non-hydrogen) atoms. The number of hydrogen-bond donors (Lipinski definition) is 0. The fraction of sp³-hybridized carbons (Fsp3) is 0.316. The van der Waals surface area contributed by atoms with Crippen molar-refractivity contribution in [2.75, 3.05) is 31.1 Å². The maximum absolute atomic E-state index is 13.0. The first kappa shape index (κ1) is 22.5. The van der Waals surface area contributed by atoms with Gasteiger partial charge in [0.2, 0.25) is 10.0 Å². The molecule has 0 unspecified atom stereocenters. The molecule has 0 bridgehead atoms. The van der Waals surface area contributed by atoms with E-state index in [4.69, 9.17) is 11.6 Å². The van der Waals surface area contributed by atoms with Crippen molar-refractivity contribution in [3.8, 4) is 5.82 Å². The molecule has 0 radical (unpaired) electrons. The van der Waals surface area contributed by atoms with Crippen LogP contribution in [0.5, 0.6) is 0 Å². The van der Waals surface area contributed by atoms with Gasteiger partial charge in [0.25, 0.3) is 0 Å². The third-order valence-electron chi connectivity index (χ3n) is 5.15. The summed E-state index contributed by atoms with van der Waals surface area (Å²) in [6.07, 6.45) is -1.25. The number of sulfonamides is 1. The Morgan fingerprint density at radius 1 is 1.00 bits per heavy atom. The fourth-order valence-electron chi connectivity index (χ4n) is 3.41. The van der Waals surface area contributed by atoms with E-state index in [1.807, 2.05) is 11.8 Å². The monoisotopic (exact) mass is 486 g/mol. The first-order chi connectivity index (χ1) is 15.1. The van der Waals surface area contributed by atoms with Gasteiger partial charge in [-0.25, -0.2) is 13.4 Å². The molecule has 1 saturated heterocycles. The van der Waals surface area contributed by atoms with Gasteiger partial charge in [-0.2, -0.15) is 17.5 Å². The van der Waals surface area contributed by atoms with Gasteiger partial charge in [0.1, 0.15) is 10.7 Å². The number of aromatic nitrogens is 4. The van der Waals surface area contributed by atoms with Crippen molar-refractivity contribution < 1.29 is 21.6 Å². The van der Waals surface area contributed by atoms with Crippen LogP contribution in [0.1, 0.15) is 11.4 Å². The Morgan fingerprint density at radius 3 is 2.22 bits per heavy atom. The van der Waals surface area contributed by atoms with Gasteiger partial charge in [-0.3, -0.25) is 4.57 Å². The zero-order chi connectivity index (χ0) is 23.1. The fourth-order valence-corrected chi connectivity index (χ4v) is 5.33. The first-order valence-electron chi connectivity index (χ1n) is 9.53. The van der Waals surface area contributed by atoms with Crippen molar-refractivity contribution in [2.45, 2.75) is 18.0 Å². The van der Waals surface area contributed by atoms with Crippen LogP contribution in [0.2, 0.25) is 5.02 Å². The van der Waals surface area contributed by atoms with Crippen LogP contribution in [0, 0.1) is 6.92 Å². The summed E-state index contributed by atoms with van der Waals surface area (Å²) in [6, 6.07) is 5.84. The largest absolute Gasteiger partial charge is 0.416 e. The van der Waals surface area contributed by atoms with Crippen LogP contribution in [0.25, 0.3) is 5.82 Å². The minimum atomic E-state index is -4.67. The van der Waals surface area contributed by atoms with Gasteiger partial charge in [0.15, 0.2) is 11.6 Å². The number of hydrogen-bond acceptors (Lipinski definition) is 6. The van der Waals surface area contributed by atoms with E-state index in [1.165, 1.54) is 0 Å². The minimum absolute atomic E-state index is 0.0684. The number of rotatable bonds is 4. The molecule has 8 nitrogen and oxygen atoms in total. The van der Waals surface area contributed by atoms with Gasteiger partial charge in [0, 0.05) is 38.6 Å². The Hall–Kier alpha value is -2.70. The molecule has 4 rings (SSSR count). The molecule has 0 spiro atoms. The lowest BCUT2D eigenvalue weighted by Gasteiger charge is -2.34. The maximum atomic E-state index is 13.0. The number of aryl methyl sites for hydroxylation is 1. The number of halogens is 4. The predicted octanol–water partition coefficient (Wildman–Crippen LogP) is 3.15. The van der Waals surface area contributed by atoms with Crippen molar-refractivity contribution in [1.29, 1.82) is 0 Å². The highest BCUT2D eigenvalue weighted by Crippen LogP contribution is 2.34. The summed E-state index contributed by atoms with van der Waals surface area (Å²) in [5.74, 6) is 1.93. The molecule has 1 aliphatic rings. The van der Waals surface area contributed by atoms with Crippen LogP contribution >= 0.6 is 11.6 Å². The highest BCUT2D eigenvalue weighted by molar-refractivity contribution is 7.89. The Bertz CT molecular complexity index is 1220. The van der Waals surface area contributed by atoms with E-state index >= 15 is 0 Å². The highest BCUT2D eigenvalue weighted by Gasteiger charge is 2.35. The van der Waals surface area contributed by atoms with Crippen molar-refractivity contribution in [3.63, 3.8) is 0 Å². The molecular formula is C19H18ClF3N6O2S. The van der Waals surface area contributed by atoms with E-state index in [1.54, 1.807) is 29.1 Å². The minimum Gasteiger partial charge on any atom is -0.352 e. The SMILES string of the molecule is Cc1nccn1-c1ccc(N2CCN(S(=O)(=O)c3cc(C(F)(F)F)ccc3Cl)CC2)nn1. The van der Waals surface area contributed by atoms with Crippen molar-refractivity contribution in [3.05, 3.63) is 59.1 Å². The first-order valence-corrected chi connectivity index (χ1v) is 11.3. The summed E-state index contributed by atoms with van der Waals surface area (Å²) in [4.78, 5) is 5.44. The molecule has 170 valence electrons. The summed E-state index contributed by atoms with van der Waals surface area (Å²) in [5.41, 5.74) is -1.07. The standard InChI is InChI=1S/C19H18ClF3N6O2S/c1-13-24-6-7-29(13)18-5-4-17(25-26-18)27-8-10-28(11-9-27)32(30,31)16-12-14(19(21,22)23)2-3-15(16)20/h2-7,12H,8-11H2,1H3. The second-order valence-corrected chi connectivity index (χ2v) is 9.44. The number of alkyl halides is 3. The van der Waals surface area contributed by atoms with Crippen molar-refractivity contribution >= 4 is 27.4 Å². The molecular weight excluding hydrogens is 469 g/mol. The van der Waals surface area contributed by atoms with Crippen LogP contribution < -0.4 is 4.90 Å². The Kier molecular flexibility index (Phi) is 5.86. The molecule has 1 fully saturated rings. The molecule has 0 atom stereocenters. The molecule has 0 saturated carbocycles. The van der Waals surface area contributed by atoms with Gasteiger partial charge < -0.3 is 4.90 Å². The van der Waals surface area contributed by atoms with Gasteiger partial charge in [-0.15, -0.1) is 10.2 Å². The lowest BCUT2D eigenvalue weighted by molar-refractivity contribution is -0.137. The number of benzene rings is 1. The average Bonchev–Trinajstić information content (AvgIpc) is 3.19. The number of imidazole rings is 1. The lowest BCUT2D eigenvalue weighted by atomic mass is 10.2. The van der Waals surface area contributed by atoms with E-state index in [9.17, 15) is 21.6 Å². The van der Waals surface area contributed by atoms with Crippen LogP contribution in [0.15, 0.2) is 47.6 Å². The van der Waals surface area contributed by atoms with Gasteiger partial charge >= 0.3 is 6.18 Å². The topological polar surface area (TPSA) is 84.2 Å². The third-order valence-corrected chi connectivity index (χ3v) is 7.53. The van der Waals surface area contributed by atoms with E-state index in [-0.39, 0.29) is 18.1 Å². The summed E-state index contributed by atoms with van der Waals surface area (Å²) in [5, 5.41) is 8.15. The second-order valence-electron chi connectivity index (χ2n) is 7.13. The van der Waals surface area contributed by atoms with Gasteiger partial charge in [0.05, 0.1) is 10.6 Å². The maximum Gasteiger partial charge on any atom is 0.416 e. The number of anilines is 1. The van der Waals surface area contributed by atoms with E-state index in [2.05, 4.69) is 15.2 Å². The molecule has 3 aromatic rings. The Morgan fingerprint density at radius 2 is 1.66 bits per heavy atom. The molecule has 0 aliphatic carbocycles. The molecule has 0 amide bonds. The second kappa shape index (κ2) is 8.34. The zero-order valence-electron chi connectivity index (χ0n) is 16.8. The molecule has 0 N–H and O–H groups in total. The Labute approximate surface area is 187 Å². The lowest BCUT2D eigenvalue weighted by Crippen LogP contribution is -2.49. The molecule has 3 heterocycles. The van der Waals surface area contributed by atoms with E-state index in [0.717, 1.165) is 22.3 Å². The molecule has 13 heteroatoms. The molecule has 1 aromatic carbocycles. The zero-order valence-corrected chi connectivity index (χ0v) is 18.4. The number of piperazine rings is 1. The average molecular weight is 487 g/mol. The summed E-state index contributed by atoms with van der Waals surface area (Å²) < 4.78 is 67.9. The Balaban J connectivity index is 1.48. The van der Waals surface area contributed by atoms with Crippen LogP contribution in [-0.4, -0.2) is 58.7 Å². The summed E-state index contributed by atoms with van der Waals surface area (Å²) in [6.45, 7) is 2.58. The van der Waals surface area contributed by atoms with Crippen LogP contribution in [0.3, 0.4) is 0 Å². The van der Waals surface area contributed by atoms with Gasteiger partial charge in [-0.1, -0.05) is 11.6 Å². The number of nitrogens with zero attached hydrogens (tertiary/aromatic N) is 6. The smallest absolute Gasteiger partial charge is 0.352 e. The highest BCUT2D eigenvalue weighted by atomic mass is 35.5. The van der Waals surface area contributed by atoms with Gasteiger partial charge in [-0.05, 0) is 37.3 Å².